The van der Waals surface area contributed by atoms with Crippen LogP contribution in [0.25, 0.3) is 16.6 Å². The van der Waals surface area contributed by atoms with Crippen LogP contribution >= 0.6 is 0 Å². The van der Waals surface area contributed by atoms with E-state index in [1.807, 2.05) is 36.4 Å². The zero-order chi connectivity index (χ0) is 14.1. The maximum atomic E-state index is 11.6. The molecule has 0 fully saturated rings. The Hall–Kier alpha value is -2.66. The number of nitrogens with two attached hydrogens (primary N) is 1. The van der Waals surface area contributed by atoms with Gasteiger partial charge in [-0.3, -0.25) is 4.79 Å². The van der Waals surface area contributed by atoms with Gasteiger partial charge < -0.3 is 10.8 Å². The van der Waals surface area contributed by atoms with Gasteiger partial charge in [-0.1, -0.05) is 30.3 Å². The monoisotopic (exact) mass is 267 g/mol. The SMILES string of the molecule is Nc1c(-c2ccccc2)ccc2c(C(=O)CO)cnn12. The largest absolute Gasteiger partial charge is 0.388 e. The van der Waals surface area contributed by atoms with Gasteiger partial charge in [0.15, 0.2) is 5.78 Å². The molecule has 3 rings (SSSR count). The lowest BCUT2D eigenvalue weighted by atomic mass is 10.1. The first-order chi connectivity index (χ1) is 9.72. The number of carbonyl (C=O) groups excluding carboxylic acids is 1. The number of hydrogen-bond acceptors (Lipinski definition) is 4. The number of fused-ring (bicyclic) bond motifs is 1. The average Bonchev–Trinajstić information content (AvgIpc) is 2.92. The fraction of sp³-hybridized carbons (Fsp3) is 0.0667. The fourth-order valence-corrected chi connectivity index (χ4v) is 2.23. The Labute approximate surface area is 115 Å². The lowest BCUT2D eigenvalue weighted by molar-refractivity contribution is 0.0905. The molecule has 0 radical (unpaired) electrons. The number of ketones is 1. The van der Waals surface area contributed by atoms with Gasteiger partial charge in [-0.15, -0.1) is 0 Å². The van der Waals surface area contributed by atoms with Crippen molar-refractivity contribution in [2.45, 2.75) is 0 Å². The summed E-state index contributed by atoms with van der Waals surface area (Å²) >= 11 is 0. The van der Waals surface area contributed by atoms with Crippen LogP contribution < -0.4 is 5.73 Å². The van der Waals surface area contributed by atoms with Crippen molar-refractivity contribution in [2.75, 3.05) is 12.3 Å². The number of aromatic nitrogens is 2. The van der Waals surface area contributed by atoms with Crippen LogP contribution in [-0.4, -0.2) is 27.1 Å². The van der Waals surface area contributed by atoms with Crippen LogP contribution in [-0.2, 0) is 0 Å². The van der Waals surface area contributed by atoms with Crippen molar-refractivity contribution in [1.82, 2.24) is 9.61 Å². The molecule has 3 aromatic rings. The molecular weight excluding hydrogens is 254 g/mol. The Morgan fingerprint density at radius 3 is 2.65 bits per heavy atom. The molecule has 0 aliphatic heterocycles. The Morgan fingerprint density at radius 1 is 1.20 bits per heavy atom. The highest BCUT2D eigenvalue weighted by Gasteiger charge is 2.14. The van der Waals surface area contributed by atoms with Crippen molar-refractivity contribution in [3.8, 4) is 11.1 Å². The van der Waals surface area contributed by atoms with Gasteiger partial charge in [0, 0.05) is 5.56 Å². The van der Waals surface area contributed by atoms with Gasteiger partial charge in [0.05, 0.1) is 17.3 Å². The molecule has 3 N–H and O–H groups in total. The number of nitrogens with zero attached hydrogens (tertiary/aromatic N) is 2. The molecule has 0 saturated carbocycles. The number of nitrogen functional groups attached to an aromatic ring is 1. The predicted octanol–water partition coefficient (Wildman–Crippen LogP) is 1.76. The zero-order valence-electron chi connectivity index (χ0n) is 10.7. The minimum absolute atomic E-state index is 0.369. The van der Waals surface area contributed by atoms with Crippen LogP contribution in [0.3, 0.4) is 0 Å². The van der Waals surface area contributed by atoms with Crippen molar-refractivity contribution in [2.24, 2.45) is 0 Å². The van der Waals surface area contributed by atoms with Crippen LogP contribution in [0.2, 0.25) is 0 Å². The normalized spacial score (nSPS) is 10.8. The average molecular weight is 267 g/mol. The minimum Gasteiger partial charge on any atom is -0.388 e. The third-order valence-electron chi connectivity index (χ3n) is 3.25. The number of pyridine rings is 1. The maximum Gasteiger partial charge on any atom is 0.191 e. The third-order valence-corrected chi connectivity index (χ3v) is 3.25. The molecule has 0 atom stereocenters. The van der Waals surface area contributed by atoms with Crippen molar-refractivity contribution >= 4 is 17.1 Å². The highest BCUT2D eigenvalue weighted by atomic mass is 16.3. The van der Waals surface area contributed by atoms with E-state index in [2.05, 4.69) is 5.10 Å². The summed E-state index contributed by atoms with van der Waals surface area (Å²) in [6.45, 7) is -0.540. The first-order valence-corrected chi connectivity index (χ1v) is 6.18. The Bertz CT molecular complexity index is 778. The number of anilines is 1. The van der Waals surface area contributed by atoms with Gasteiger partial charge in [0.1, 0.15) is 12.4 Å². The van der Waals surface area contributed by atoms with Gasteiger partial charge in [0.25, 0.3) is 0 Å². The summed E-state index contributed by atoms with van der Waals surface area (Å²) in [5, 5.41) is 13.1. The molecule has 0 bridgehead atoms. The van der Waals surface area contributed by atoms with Crippen molar-refractivity contribution in [3.05, 3.63) is 54.2 Å². The van der Waals surface area contributed by atoms with E-state index in [9.17, 15) is 4.79 Å². The highest BCUT2D eigenvalue weighted by Crippen LogP contribution is 2.27. The lowest BCUT2D eigenvalue weighted by Gasteiger charge is -2.08. The van der Waals surface area contributed by atoms with E-state index in [0.717, 1.165) is 11.1 Å². The molecule has 0 spiro atoms. The van der Waals surface area contributed by atoms with Gasteiger partial charge in [-0.2, -0.15) is 5.10 Å². The molecule has 20 heavy (non-hydrogen) atoms. The summed E-state index contributed by atoms with van der Waals surface area (Å²) in [7, 11) is 0. The Morgan fingerprint density at radius 2 is 1.95 bits per heavy atom. The molecule has 100 valence electrons. The van der Waals surface area contributed by atoms with Gasteiger partial charge in [-0.05, 0) is 17.7 Å². The molecule has 5 heteroatoms. The van der Waals surface area contributed by atoms with Crippen molar-refractivity contribution in [1.29, 1.82) is 0 Å². The van der Waals surface area contributed by atoms with Crippen LogP contribution in [0.15, 0.2) is 48.7 Å². The van der Waals surface area contributed by atoms with Crippen LogP contribution in [0.1, 0.15) is 10.4 Å². The van der Waals surface area contributed by atoms with E-state index >= 15 is 0 Å². The third kappa shape index (κ3) is 1.85. The smallest absolute Gasteiger partial charge is 0.191 e. The molecule has 0 amide bonds. The van der Waals surface area contributed by atoms with Gasteiger partial charge in [-0.25, -0.2) is 4.52 Å². The van der Waals surface area contributed by atoms with E-state index in [4.69, 9.17) is 10.8 Å². The zero-order valence-corrected chi connectivity index (χ0v) is 10.7. The second kappa shape index (κ2) is 4.79. The van der Waals surface area contributed by atoms with E-state index in [0.29, 0.717) is 16.9 Å². The minimum atomic E-state index is -0.540. The number of hydrogen-bond donors (Lipinski definition) is 2. The molecule has 0 aliphatic carbocycles. The highest BCUT2D eigenvalue weighted by molar-refractivity contribution is 6.03. The number of rotatable bonds is 3. The quantitative estimate of drug-likeness (QED) is 0.708. The van der Waals surface area contributed by atoms with Crippen LogP contribution in [0.5, 0.6) is 0 Å². The molecule has 0 saturated heterocycles. The summed E-state index contributed by atoms with van der Waals surface area (Å²) in [5.41, 5.74) is 8.94. The van der Waals surface area contributed by atoms with Crippen LogP contribution in [0.4, 0.5) is 5.82 Å². The van der Waals surface area contributed by atoms with Crippen LogP contribution in [0, 0.1) is 0 Å². The lowest BCUT2D eigenvalue weighted by Crippen LogP contribution is -2.05. The maximum absolute atomic E-state index is 11.6. The molecule has 2 heterocycles. The topological polar surface area (TPSA) is 80.6 Å². The Balaban J connectivity index is 2.20. The molecular formula is C15H13N3O2. The van der Waals surface area contributed by atoms with E-state index in [-0.39, 0.29) is 5.78 Å². The number of carbonyl (C=O) groups is 1. The number of benzene rings is 1. The molecule has 2 aromatic heterocycles. The van der Waals surface area contributed by atoms with E-state index in [1.54, 1.807) is 6.07 Å². The second-order valence-electron chi connectivity index (χ2n) is 4.43. The standard InChI is InChI=1S/C15H13N3O2/c16-15-11(10-4-2-1-3-5-10)6-7-13-12(14(20)9-19)8-17-18(13)15/h1-8,19H,9,16H2. The van der Waals surface area contributed by atoms with E-state index < -0.39 is 6.61 Å². The molecule has 1 aromatic carbocycles. The van der Waals surface area contributed by atoms with Gasteiger partial charge >= 0.3 is 0 Å². The summed E-state index contributed by atoms with van der Waals surface area (Å²) in [5.74, 6) is 0.0950. The first kappa shape index (κ1) is 12.4. The predicted molar refractivity (Wildman–Crippen MR) is 76.5 cm³/mol. The second-order valence-corrected chi connectivity index (χ2v) is 4.43. The number of aliphatic hydroxyl groups excluding tert-OH is 1. The summed E-state index contributed by atoms with van der Waals surface area (Å²) in [6, 6.07) is 13.4. The van der Waals surface area contributed by atoms with Crippen molar-refractivity contribution < 1.29 is 9.90 Å². The molecule has 5 nitrogen and oxygen atoms in total. The summed E-state index contributed by atoms with van der Waals surface area (Å²) in [6.07, 6.45) is 1.43. The number of aliphatic hydroxyl groups is 1. The number of Topliss-reactive ketones (excluding diaryl/α,β-unsaturated/α-hetero) is 1. The summed E-state index contributed by atoms with van der Waals surface area (Å²) < 4.78 is 1.52. The molecule has 0 unspecified atom stereocenters. The Kier molecular flexibility index (Phi) is 2.96. The summed E-state index contributed by atoms with van der Waals surface area (Å²) in [4.78, 5) is 11.6. The van der Waals surface area contributed by atoms with Gasteiger partial charge in [0.2, 0.25) is 0 Å². The fourth-order valence-electron chi connectivity index (χ4n) is 2.23. The van der Waals surface area contributed by atoms with Crippen molar-refractivity contribution in [3.63, 3.8) is 0 Å². The molecule has 0 aliphatic rings. The first-order valence-electron chi connectivity index (χ1n) is 6.18. The van der Waals surface area contributed by atoms with E-state index in [1.165, 1.54) is 10.7 Å².